The number of nitrogens with zero attached hydrogens (tertiary/aromatic N) is 1. The normalized spacial score (nSPS) is 16.3. The number of amides is 1. The average Bonchev–Trinajstić information content (AvgIpc) is 2.56. The molecule has 1 heterocycles. The first-order valence-electron chi connectivity index (χ1n) is 5.00. The fourth-order valence-corrected chi connectivity index (χ4v) is 2.34. The van der Waals surface area contributed by atoms with Crippen LogP contribution in [0.1, 0.15) is 10.4 Å². The molecule has 0 spiro atoms. The molecule has 0 bridgehead atoms. The summed E-state index contributed by atoms with van der Waals surface area (Å²) in [7, 11) is 0. The average molecular weight is 300 g/mol. The van der Waals surface area contributed by atoms with Crippen LogP contribution < -0.4 is 4.90 Å². The smallest absolute Gasteiger partial charge is 0.299 e. The van der Waals surface area contributed by atoms with Gasteiger partial charge in [-0.2, -0.15) is 0 Å². The molecule has 1 aliphatic rings. The predicted octanol–water partition coefficient (Wildman–Crippen LogP) is 0.332. The van der Waals surface area contributed by atoms with Crippen molar-refractivity contribution in [3.63, 3.8) is 0 Å². The number of anilines is 1. The summed E-state index contributed by atoms with van der Waals surface area (Å²) in [6.07, 6.45) is -1.06. The molecular formula is C11H10BrNO4. The van der Waals surface area contributed by atoms with E-state index in [4.69, 9.17) is 5.11 Å². The van der Waals surface area contributed by atoms with Gasteiger partial charge in [0.1, 0.15) is 0 Å². The van der Waals surface area contributed by atoms with E-state index in [-0.39, 0.29) is 6.54 Å². The second kappa shape index (κ2) is 4.56. The van der Waals surface area contributed by atoms with Gasteiger partial charge in [0, 0.05) is 4.47 Å². The highest BCUT2D eigenvalue weighted by molar-refractivity contribution is 9.10. The van der Waals surface area contributed by atoms with Crippen molar-refractivity contribution in [3.05, 3.63) is 28.2 Å². The minimum absolute atomic E-state index is 0.101. The number of aliphatic hydroxyl groups excluding tert-OH is 2. The summed E-state index contributed by atoms with van der Waals surface area (Å²) < 4.78 is 0.610. The van der Waals surface area contributed by atoms with E-state index >= 15 is 0 Å². The summed E-state index contributed by atoms with van der Waals surface area (Å²) >= 11 is 3.26. The molecule has 1 atom stereocenters. The van der Waals surface area contributed by atoms with Gasteiger partial charge in [0.2, 0.25) is 0 Å². The second-order valence-corrected chi connectivity index (χ2v) is 4.57. The SMILES string of the molecule is O=C1C(=O)N(CC(O)CO)c2c(Br)cccc21. The molecular weight excluding hydrogens is 290 g/mol. The van der Waals surface area contributed by atoms with Gasteiger partial charge in [-0.3, -0.25) is 9.59 Å². The lowest BCUT2D eigenvalue weighted by Crippen LogP contribution is -2.38. The van der Waals surface area contributed by atoms with Crippen LogP contribution >= 0.6 is 15.9 Å². The van der Waals surface area contributed by atoms with Gasteiger partial charge < -0.3 is 15.1 Å². The third kappa shape index (κ3) is 1.99. The van der Waals surface area contributed by atoms with Crippen molar-refractivity contribution >= 4 is 33.3 Å². The van der Waals surface area contributed by atoms with Gasteiger partial charge in [-0.05, 0) is 28.1 Å². The van der Waals surface area contributed by atoms with Crippen LogP contribution in [0, 0.1) is 0 Å². The fraction of sp³-hybridized carbons (Fsp3) is 0.273. The van der Waals surface area contributed by atoms with Crippen molar-refractivity contribution < 1.29 is 19.8 Å². The van der Waals surface area contributed by atoms with E-state index in [2.05, 4.69) is 15.9 Å². The summed E-state index contributed by atoms with van der Waals surface area (Å²) in [5.41, 5.74) is 0.768. The Morgan fingerprint density at radius 3 is 2.71 bits per heavy atom. The number of carbonyl (C=O) groups is 2. The number of Topliss-reactive ketones (excluding diaryl/α,β-unsaturated/α-hetero) is 1. The number of rotatable bonds is 3. The second-order valence-electron chi connectivity index (χ2n) is 3.72. The lowest BCUT2D eigenvalue weighted by molar-refractivity contribution is -0.114. The molecule has 0 saturated carbocycles. The van der Waals surface area contributed by atoms with E-state index in [1.165, 1.54) is 4.90 Å². The van der Waals surface area contributed by atoms with Gasteiger partial charge in [-0.1, -0.05) is 6.07 Å². The number of β-amino-alcohol motifs (C(OH)–C–C–N with tert-alkyl or cyclic N) is 1. The monoisotopic (exact) mass is 299 g/mol. The summed E-state index contributed by atoms with van der Waals surface area (Å²) in [5.74, 6) is -1.27. The maximum Gasteiger partial charge on any atom is 0.299 e. The molecule has 5 nitrogen and oxygen atoms in total. The third-order valence-electron chi connectivity index (χ3n) is 2.54. The molecule has 0 aromatic heterocycles. The van der Waals surface area contributed by atoms with Gasteiger partial charge >= 0.3 is 0 Å². The predicted molar refractivity (Wildman–Crippen MR) is 63.9 cm³/mol. The molecule has 2 N–H and O–H groups in total. The van der Waals surface area contributed by atoms with Gasteiger partial charge in [-0.15, -0.1) is 0 Å². The standard InChI is InChI=1S/C11H10BrNO4/c12-8-3-1-2-7-9(8)13(4-6(15)5-14)11(17)10(7)16/h1-3,6,14-15H,4-5H2. The minimum Gasteiger partial charge on any atom is -0.394 e. The third-order valence-corrected chi connectivity index (χ3v) is 3.18. The highest BCUT2D eigenvalue weighted by atomic mass is 79.9. The van der Waals surface area contributed by atoms with E-state index < -0.39 is 24.4 Å². The first-order chi connectivity index (χ1) is 8.06. The molecule has 0 saturated heterocycles. The number of carbonyl (C=O) groups excluding carboxylic acids is 2. The van der Waals surface area contributed by atoms with Crippen LogP contribution in [-0.4, -0.2) is 41.2 Å². The maximum atomic E-state index is 11.7. The molecule has 1 aliphatic heterocycles. The maximum absolute atomic E-state index is 11.7. The van der Waals surface area contributed by atoms with E-state index in [1.807, 2.05) is 0 Å². The Bertz CT molecular complexity index is 488. The van der Waals surface area contributed by atoms with E-state index in [1.54, 1.807) is 18.2 Å². The van der Waals surface area contributed by atoms with E-state index in [0.29, 0.717) is 15.7 Å². The number of para-hydroxylation sites is 1. The zero-order valence-electron chi connectivity index (χ0n) is 8.76. The number of ketones is 1. The fourth-order valence-electron chi connectivity index (χ4n) is 1.75. The van der Waals surface area contributed by atoms with Crippen molar-refractivity contribution in [3.8, 4) is 0 Å². The van der Waals surface area contributed by atoms with E-state index in [0.717, 1.165) is 0 Å². The highest BCUT2D eigenvalue weighted by Gasteiger charge is 2.37. The summed E-state index contributed by atoms with van der Waals surface area (Å²) in [4.78, 5) is 24.6. The van der Waals surface area contributed by atoms with Crippen LogP contribution in [0.25, 0.3) is 0 Å². The molecule has 0 aliphatic carbocycles. The minimum atomic E-state index is -1.06. The molecule has 1 aromatic rings. The Kier molecular flexibility index (Phi) is 3.28. The highest BCUT2D eigenvalue weighted by Crippen LogP contribution is 2.35. The zero-order chi connectivity index (χ0) is 12.6. The summed E-state index contributed by atoms with van der Waals surface area (Å²) in [6.45, 7) is -0.561. The first-order valence-corrected chi connectivity index (χ1v) is 5.79. The first kappa shape index (κ1) is 12.2. The van der Waals surface area contributed by atoms with Crippen LogP contribution in [0.4, 0.5) is 5.69 Å². The van der Waals surface area contributed by atoms with Crippen molar-refractivity contribution in [1.82, 2.24) is 0 Å². The van der Waals surface area contributed by atoms with Crippen LogP contribution in [0.3, 0.4) is 0 Å². The van der Waals surface area contributed by atoms with Crippen LogP contribution in [0.2, 0.25) is 0 Å². The van der Waals surface area contributed by atoms with Crippen LogP contribution in [-0.2, 0) is 4.79 Å². The largest absolute Gasteiger partial charge is 0.394 e. The molecule has 0 fully saturated rings. The quantitative estimate of drug-likeness (QED) is 0.789. The summed E-state index contributed by atoms with van der Waals surface area (Å²) in [6, 6.07) is 4.94. The van der Waals surface area contributed by atoms with Crippen molar-refractivity contribution in [1.29, 1.82) is 0 Å². The Morgan fingerprint density at radius 2 is 2.06 bits per heavy atom. The van der Waals surface area contributed by atoms with Crippen molar-refractivity contribution in [2.24, 2.45) is 0 Å². The molecule has 1 amide bonds. The summed E-state index contributed by atoms with van der Waals surface area (Å²) in [5, 5.41) is 18.1. The Balaban J connectivity index is 2.43. The van der Waals surface area contributed by atoms with Gasteiger partial charge in [0.15, 0.2) is 0 Å². The molecule has 6 heteroatoms. The Labute approximate surface area is 106 Å². The van der Waals surface area contributed by atoms with Crippen molar-refractivity contribution in [2.45, 2.75) is 6.10 Å². The zero-order valence-corrected chi connectivity index (χ0v) is 10.3. The Hall–Kier alpha value is -1.24. The number of hydrogen-bond donors (Lipinski definition) is 2. The van der Waals surface area contributed by atoms with Gasteiger partial charge in [0.05, 0.1) is 30.5 Å². The number of halogens is 1. The van der Waals surface area contributed by atoms with Crippen molar-refractivity contribution in [2.75, 3.05) is 18.1 Å². The molecule has 1 unspecified atom stereocenters. The Morgan fingerprint density at radius 1 is 1.35 bits per heavy atom. The molecule has 17 heavy (non-hydrogen) atoms. The number of benzene rings is 1. The number of hydrogen-bond acceptors (Lipinski definition) is 4. The van der Waals surface area contributed by atoms with Gasteiger partial charge in [0.25, 0.3) is 11.7 Å². The molecule has 1 aromatic carbocycles. The van der Waals surface area contributed by atoms with Crippen LogP contribution in [0.5, 0.6) is 0 Å². The van der Waals surface area contributed by atoms with Crippen LogP contribution in [0.15, 0.2) is 22.7 Å². The molecule has 90 valence electrons. The lowest BCUT2D eigenvalue weighted by atomic mass is 10.1. The number of fused-ring (bicyclic) bond motifs is 1. The molecule has 0 radical (unpaired) electrons. The topological polar surface area (TPSA) is 77.8 Å². The van der Waals surface area contributed by atoms with E-state index in [9.17, 15) is 14.7 Å². The van der Waals surface area contributed by atoms with Gasteiger partial charge in [-0.25, -0.2) is 0 Å². The lowest BCUT2D eigenvalue weighted by Gasteiger charge is -2.20. The molecule has 2 rings (SSSR count). The number of aliphatic hydroxyl groups is 2.